The zero-order chi connectivity index (χ0) is 15.8. The SMILES string of the molecule is COC1(C(=O)Cc2c(Cl)c(C)nn2C)CCC(C)(C)CC1. The molecule has 0 aliphatic heterocycles. The number of carbonyl (C=O) groups is 1. The number of rotatable bonds is 4. The summed E-state index contributed by atoms with van der Waals surface area (Å²) in [6.45, 7) is 6.35. The molecule has 0 bridgehead atoms. The maximum Gasteiger partial charge on any atom is 0.170 e. The van der Waals surface area contributed by atoms with Crippen LogP contribution in [0.4, 0.5) is 0 Å². The van der Waals surface area contributed by atoms with Crippen molar-refractivity contribution in [2.75, 3.05) is 7.11 Å². The van der Waals surface area contributed by atoms with Crippen LogP contribution in [0.3, 0.4) is 0 Å². The summed E-state index contributed by atoms with van der Waals surface area (Å²) in [5, 5.41) is 4.86. The minimum Gasteiger partial charge on any atom is -0.370 e. The van der Waals surface area contributed by atoms with E-state index in [1.54, 1.807) is 11.8 Å². The van der Waals surface area contributed by atoms with E-state index in [1.807, 2.05) is 14.0 Å². The van der Waals surface area contributed by atoms with E-state index in [1.165, 1.54) is 0 Å². The fraction of sp³-hybridized carbons (Fsp3) is 0.750. The molecule has 0 atom stereocenters. The predicted molar refractivity (Wildman–Crippen MR) is 83.7 cm³/mol. The number of carbonyl (C=O) groups excluding carboxylic acids is 1. The van der Waals surface area contributed by atoms with Gasteiger partial charge in [-0.05, 0) is 38.0 Å². The van der Waals surface area contributed by atoms with E-state index in [-0.39, 0.29) is 12.2 Å². The Kier molecular flexibility index (Phi) is 4.50. The zero-order valence-corrected chi connectivity index (χ0v) is 14.4. The topological polar surface area (TPSA) is 44.1 Å². The molecule has 0 radical (unpaired) electrons. The molecule has 1 aromatic rings. The second-order valence-corrected chi connectivity index (χ2v) is 7.31. The summed E-state index contributed by atoms with van der Waals surface area (Å²) in [4.78, 5) is 12.8. The van der Waals surface area contributed by atoms with E-state index in [9.17, 15) is 4.79 Å². The van der Waals surface area contributed by atoms with Crippen molar-refractivity contribution in [3.63, 3.8) is 0 Å². The zero-order valence-electron chi connectivity index (χ0n) is 13.6. The average Bonchev–Trinajstić information content (AvgIpc) is 2.66. The molecule has 1 aliphatic carbocycles. The molecule has 0 saturated heterocycles. The van der Waals surface area contributed by atoms with E-state index in [0.717, 1.165) is 37.1 Å². The Morgan fingerprint density at radius 2 is 1.90 bits per heavy atom. The van der Waals surface area contributed by atoms with Crippen molar-refractivity contribution in [2.24, 2.45) is 12.5 Å². The lowest BCUT2D eigenvalue weighted by atomic mass is 9.69. The third kappa shape index (κ3) is 3.16. The molecule has 0 unspecified atom stereocenters. The number of methoxy groups -OCH3 is 1. The normalized spacial score (nSPS) is 20.5. The van der Waals surface area contributed by atoms with Crippen molar-refractivity contribution in [3.8, 4) is 0 Å². The Hall–Kier alpha value is -0.870. The number of aryl methyl sites for hydroxylation is 2. The molecule has 5 heteroatoms. The number of nitrogens with zero attached hydrogens (tertiary/aromatic N) is 2. The van der Waals surface area contributed by atoms with Crippen molar-refractivity contribution in [3.05, 3.63) is 16.4 Å². The van der Waals surface area contributed by atoms with Crippen LogP contribution in [0.1, 0.15) is 50.9 Å². The van der Waals surface area contributed by atoms with Crippen molar-refractivity contribution < 1.29 is 9.53 Å². The van der Waals surface area contributed by atoms with Gasteiger partial charge in [0.15, 0.2) is 5.78 Å². The fourth-order valence-corrected chi connectivity index (χ4v) is 3.34. The van der Waals surface area contributed by atoms with Gasteiger partial charge in [-0.15, -0.1) is 0 Å². The molecular formula is C16H25ClN2O2. The van der Waals surface area contributed by atoms with Crippen LogP contribution in [0, 0.1) is 12.3 Å². The highest BCUT2D eigenvalue weighted by molar-refractivity contribution is 6.32. The summed E-state index contributed by atoms with van der Waals surface area (Å²) in [5.41, 5.74) is 1.18. The van der Waals surface area contributed by atoms with Crippen LogP contribution >= 0.6 is 11.6 Å². The Morgan fingerprint density at radius 3 is 2.33 bits per heavy atom. The number of hydrogen-bond donors (Lipinski definition) is 0. The standard InChI is InChI=1S/C16H25ClN2O2/c1-11-14(17)12(19(4)18-11)10-13(20)16(21-5)8-6-15(2,3)7-9-16/h6-10H2,1-5H3. The number of ether oxygens (including phenoxy) is 1. The van der Waals surface area contributed by atoms with Crippen molar-refractivity contribution >= 4 is 17.4 Å². The minimum absolute atomic E-state index is 0.116. The number of halogens is 1. The van der Waals surface area contributed by atoms with Gasteiger partial charge >= 0.3 is 0 Å². The first-order chi connectivity index (χ1) is 9.71. The molecule has 4 nitrogen and oxygen atoms in total. The van der Waals surface area contributed by atoms with Crippen LogP contribution in [0.2, 0.25) is 5.02 Å². The first kappa shape index (κ1) is 16.5. The van der Waals surface area contributed by atoms with Crippen LogP contribution in [-0.2, 0) is 23.0 Å². The average molecular weight is 313 g/mol. The third-order valence-electron chi connectivity index (χ3n) is 4.90. The van der Waals surface area contributed by atoms with Gasteiger partial charge in [-0.2, -0.15) is 5.10 Å². The number of hydrogen-bond acceptors (Lipinski definition) is 3. The smallest absolute Gasteiger partial charge is 0.170 e. The molecule has 21 heavy (non-hydrogen) atoms. The van der Waals surface area contributed by atoms with Crippen LogP contribution in [0.25, 0.3) is 0 Å². The van der Waals surface area contributed by atoms with Gasteiger partial charge in [0, 0.05) is 14.2 Å². The molecule has 0 amide bonds. The molecular weight excluding hydrogens is 288 g/mol. The van der Waals surface area contributed by atoms with E-state index < -0.39 is 5.60 Å². The van der Waals surface area contributed by atoms with Crippen LogP contribution < -0.4 is 0 Å². The van der Waals surface area contributed by atoms with Gasteiger partial charge in [-0.1, -0.05) is 25.4 Å². The molecule has 0 N–H and O–H groups in total. The number of Topliss-reactive ketones (excluding diaryl/α,β-unsaturated/α-hetero) is 1. The van der Waals surface area contributed by atoms with Gasteiger partial charge in [-0.25, -0.2) is 0 Å². The molecule has 0 spiro atoms. The molecule has 1 aliphatic rings. The van der Waals surface area contributed by atoms with Gasteiger partial charge in [0.2, 0.25) is 0 Å². The lowest BCUT2D eigenvalue weighted by Gasteiger charge is -2.41. The lowest BCUT2D eigenvalue weighted by Crippen LogP contribution is -2.46. The van der Waals surface area contributed by atoms with Gasteiger partial charge in [0.05, 0.1) is 22.8 Å². The minimum atomic E-state index is -0.656. The predicted octanol–water partition coefficient (Wildman–Crippen LogP) is 3.48. The molecule has 1 aromatic heterocycles. The van der Waals surface area contributed by atoms with E-state index >= 15 is 0 Å². The van der Waals surface area contributed by atoms with Crippen molar-refractivity contribution in [1.29, 1.82) is 0 Å². The Balaban J connectivity index is 2.18. The quantitative estimate of drug-likeness (QED) is 0.855. The van der Waals surface area contributed by atoms with Crippen LogP contribution in [-0.4, -0.2) is 28.3 Å². The van der Waals surface area contributed by atoms with E-state index in [0.29, 0.717) is 10.4 Å². The Bertz CT molecular complexity index is 539. The maximum atomic E-state index is 12.8. The Labute approximate surface area is 131 Å². The molecule has 1 saturated carbocycles. The molecule has 1 fully saturated rings. The first-order valence-electron chi connectivity index (χ1n) is 7.47. The van der Waals surface area contributed by atoms with Gasteiger partial charge in [-0.3, -0.25) is 9.48 Å². The van der Waals surface area contributed by atoms with Gasteiger partial charge < -0.3 is 4.74 Å². The second-order valence-electron chi connectivity index (χ2n) is 6.93. The highest BCUT2D eigenvalue weighted by Crippen LogP contribution is 2.42. The first-order valence-corrected chi connectivity index (χ1v) is 7.85. The second kappa shape index (κ2) is 5.73. The monoisotopic (exact) mass is 312 g/mol. The number of aromatic nitrogens is 2. The van der Waals surface area contributed by atoms with E-state index in [2.05, 4.69) is 18.9 Å². The number of ketones is 1. The summed E-state index contributed by atoms with van der Waals surface area (Å²) in [5.74, 6) is 0.116. The summed E-state index contributed by atoms with van der Waals surface area (Å²) in [6.07, 6.45) is 3.85. The van der Waals surface area contributed by atoms with Crippen molar-refractivity contribution in [1.82, 2.24) is 9.78 Å². The third-order valence-corrected chi connectivity index (χ3v) is 5.39. The van der Waals surface area contributed by atoms with Crippen molar-refractivity contribution in [2.45, 2.75) is 58.5 Å². The highest BCUT2D eigenvalue weighted by Gasteiger charge is 2.44. The van der Waals surface area contributed by atoms with Gasteiger partial charge in [0.25, 0.3) is 0 Å². The maximum absolute atomic E-state index is 12.8. The molecule has 0 aromatic carbocycles. The largest absolute Gasteiger partial charge is 0.370 e. The van der Waals surface area contributed by atoms with Crippen LogP contribution in [0.15, 0.2) is 0 Å². The molecule has 2 rings (SSSR count). The molecule has 1 heterocycles. The highest BCUT2D eigenvalue weighted by atomic mass is 35.5. The lowest BCUT2D eigenvalue weighted by molar-refractivity contribution is -0.147. The summed E-state index contributed by atoms with van der Waals surface area (Å²) >= 11 is 6.25. The summed E-state index contributed by atoms with van der Waals surface area (Å²) in [7, 11) is 3.47. The fourth-order valence-electron chi connectivity index (χ4n) is 3.11. The van der Waals surface area contributed by atoms with Crippen LogP contribution in [0.5, 0.6) is 0 Å². The van der Waals surface area contributed by atoms with Gasteiger partial charge in [0.1, 0.15) is 5.60 Å². The van der Waals surface area contributed by atoms with E-state index in [4.69, 9.17) is 16.3 Å². The Morgan fingerprint density at radius 1 is 1.33 bits per heavy atom. The molecule has 118 valence electrons. The summed E-state index contributed by atoms with van der Waals surface area (Å²) in [6, 6.07) is 0. The summed E-state index contributed by atoms with van der Waals surface area (Å²) < 4.78 is 7.37.